The number of rotatable bonds is 0. The highest BCUT2D eigenvalue weighted by atomic mass is 16.5. The third-order valence-electron chi connectivity index (χ3n) is 0.364. The molecule has 0 saturated carbocycles. The van der Waals surface area contributed by atoms with Crippen molar-refractivity contribution in [1.29, 1.82) is 0 Å². The number of hydrogen-bond donors (Lipinski definition) is 1. The molecule has 0 heterocycles. The third kappa shape index (κ3) is 6.39. The largest absolute Gasteiger partial charge is 0.461 e. The van der Waals surface area contributed by atoms with E-state index in [2.05, 4.69) is 10.7 Å². The zero-order chi connectivity index (χ0) is 7.11. The average molecular weight is 124 g/mol. The van der Waals surface area contributed by atoms with Crippen LogP contribution in [-0.2, 0) is 9.53 Å². The van der Waals surface area contributed by atoms with Crippen LogP contribution in [0.15, 0.2) is 0 Å². The average Bonchev–Trinajstić information content (AvgIpc) is 1.80. The molecule has 0 aliphatic rings. The lowest BCUT2D eigenvalue weighted by Crippen LogP contribution is -1.89. The molecular formula is C6H4O3. The van der Waals surface area contributed by atoms with Crippen LogP contribution in [0.25, 0.3) is 0 Å². The number of aliphatic hydroxyl groups excluding tert-OH is 1. The summed E-state index contributed by atoms with van der Waals surface area (Å²) in [6.45, 7) is 1.22. The van der Waals surface area contributed by atoms with E-state index in [0.717, 1.165) is 0 Å². The summed E-state index contributed by atoms with van der Waals surface area (Å²) < 4.78 is 4.13. The van der Waals surface area contributed by atoms with E-state index in [-0.39, 0.29) is 0 Å². The Bertz CT molecular complexity index is 208. The van der Waals surface area contributed by atoms with Gasteiger partial charge in [-0.25, -0.2) is 0 Å². The van der Waals surface area contributed by atoms with Crippen LogP contribution < -0.4 is 0 Å². The molecule has 0 unspecified atom stereocenters. The van der Waals surface area contributed by atoms with Crippen LogP contribution in [0.4, 0.5) is 0 Å². The molecule has 0 fully saturated rings. The molecule has 1 N–H and O–H groups in total. The molecule has 3 heteroatoms. The molecule has 3 nitrogen and oxygen atoms in total. The van der Waals surface area contributed by atoms with Gasteiger partial charge in [-0.3, -0.25) is 4.79 Å². The van der Waals surface area contributed by atoms with E-state index in [9.17, 15) is 4.79 Å². The Labute approximate surface area is 52.6 Å². The summed E-state index contributed by atoms with van der Waals surface area (Å²) >= 11 is 0. The molecule has 0 saturated heterocycles. The van der Waals surface area contributed by atoms with Crippen LogP contribution in [0.2, 0.25) is 0 Å². The Kier molecular flexibility index (Phi) is 3.73. The highest BCUT2D eigenvalue weighted by Gasteiger charge is 1.81. The Hall–Kier alpha value is -1.61. The number of hydrogen-bond acceptors (Lipinski definition) is 3. The van der Waals surface area contributed by atoms with Crippen LogP contribution >= 0.6 is 0 Å². The molecule has 9 heavy (non-hydrogen) atoms. The molecule has 0 rings (SSSR count). The van der Waals surface area contributed by atoms with Crippen molar-refractivity contribution in [3.63, 3.8) is 0 Å². The van der Waals surface area contributed by atoms with Crippen molar-refractivity contribution in [3.8, 4) is 24.1 Å². The highest BCUT2D eigenvalue weighted by Crippen LogP contribution is 1.67. The van der Waals surface area contributed by atoms with E-state index in [4.69, 9.17) is 5.11 Å². The minimum Gasteiger partial charge on any atom is -0.461 e. The van der Waals surface area contributed by atoms with Gasteiger partial charge in [0, 0.05) is 18.8 Å². The molecule has 0 aromatic rings. The molecular weight excluding hydrogens is 120 g/mol. The lowest BCUT2D eigenvalue weighted by Gasteiger charge is -1.79. The third-order valence-corrected chi connectivity index (χ3v) is 0.364. The van der Waals surface area contributed by atoms with Crippen molar-refractivity contribution in [1.82, 2.24) is 0 Å². The molecule has 0 aromatic heterocycles. The van der Waals surface area contributed by atoms with Gasteiger partial charge in [0.1, 0.15) is 12.2 Å². The lowest BCUT2D eigenvalue weighted by atomic mass is 10.7. The van der Waals surface area contributed by atoms with Crippen molar-refractivity contribution >= 4 is 5.97 Å². The van der Waals surface area contributed by atoms with Gasteiger partial charge in [-0.1, -0.05) is 0 Å². The van der Waals surface area contributed by atoms with Gasteiger partial charge in [0.25, 0.3) is 0 Å². The van der Waals surface area contributed by atoms with Crippen molar-refractivity contribution < 1.29 is 14.6 Å². The first kappa shape index (κ1) is 7.39. The van der Waals surface area contributed by atoms with E-state index < -0.39 is 5.97 Å². The smallest absolute Gasteiger partial charge is 0.316 e. The monoisotopic (exact) mass is 124 g/mol. The summed E-state index contributed by atoms with van der Waals surface area (Å²) in [4.78, 5) is 9.97. The van der Waals surface area contributed by atoms with E-state index in [1.807, 2.05) is 12.0 Å². The van der Waals surface area contributed by atoms with Crippen molar-refractivity contribution in [2.24, 2.45) is 0 Å². The first-order valence-electron chi connectivity index (χ1n) is 2.09. The summed E-state index contributed by atoms with van der Waals surface area (Å²) in [5, 5.41) is 7.83. The van der Waals surface area contributed by atoms with Gasteiger partial charge in [0.05, 0.1) is 0 Å². The van der Waals surface area contributed by atoms with Crippen LogP contribution in [0.5, 0.6) is 0 Å². The fraction of sp³-hybridized carbons (Fsp3) is 0.167. The van der Waals surface area contributed by atoms with Crippen LogP contribution in [0.1, 0.15) is 6.92 Å². The van der Waals surface area contributed by atoms with Crippen LogP contribution in [-0.4, -0.2) is 11.1 Å². The predicted molar refractivity (Wildman–Crippen MR) is 29.3 cm³/mol. The summed E-state index contributed by atoms with van der Waals surface area (Å²) in [7, 11) is 0. The Morgan fingerprint density at radius 1 is 1.56 bits per heavy atom. The van der Waals surface area contributed by atoms with Gasteiger partial charge < -0.3 is 9.84 Å². The van der Waals surface area contributed by atoms with Crippen LogP contribution in [0.3, 0.4) is 0 Å². The number of carbonyl (C=O) groups excluding carboxylic acids is 1. The maximum atomic E-state index is 9.97. The van der Waals surface area contributed by atoms with Gasteiger partial charge in [-0.15, -0.1) is 0 Å². The summed E-state index contributed by atoms with van der Waals surface area (Å²) in [6, 6.07) is 0. The molecule has 0 bridgehead atoms. The lowest BCUT2D eigenvalue weighted by molar-refractivity contribution is -0.134. The Balaban J connectivity index is 3.59. The topological polar surface area (TPSA) is 46.5 Å². The number of ether oxygens (including phenoxy) is 1. The molecule has 0 aromatic carbocycles. The second-order valence-electron chi connectivity index (χ2n) is 1.06. The van der Waals surface area contributed by atoms with E-state index >= 15 is 0 Å². The first-order valence-corrected chi connectivity index (χ1v) is 2.09. The standard InChI is InChI=1S/C6H4O3/c1-6(8)9-5-3-2-4-7/h7H,1H3. The molecule has 0 aliphatic heterocycles. The zero-order valence-electron chi connectivity index (χ0n) is 4.76. The summed E-state index contributed by atoms with van der Waals surface area (Å²) in [6.07, 6.45) is 3.48. The number of carbonyl (C=O) groups is 1. The number of aliphatic hydroxyl groups is 1. The molecule has 0 amide bonds. The molecule has 0 aliphatic carbocycles. The fourth-order valence-corrected chi connectivity index (χ4v) is 0.151. The minimum atomic E-state index is -0.498. The first-order chi connectivity index (χ1) is 4.27. The van der Waals surface area contributed by atoms with Crippen LogP contribution in [0, 0.1) is 24.1 Å². The second kappa shape index (κ2) is 4.55. The van der Waals surface area contributed by atoms with Gasteiger partial charge >= 0.3 is 5.97 Å². The summed E-state index contributed by atoms with van der Waals surface area (Å²) in [5.41, 5.74) is 0. The molecule has 46 valence electrons. The quantitative estimate of drug-likeness (QED) is 0.360. The molecule has 0 radical (unpaired) electrons. The molecule has 0 spiro atoms. The van der Waals surface area contributed by atoms with Crippen molar-refractivity contribution in [2.75, 3.05) is 0 Å². The Morgan fingerprint density at radius 3 is 2.67 bits per heavy atom. The second-order valence-corrected chi connectivity index (χ2v) is 1.06. The van der Waals surface area contributed by atoms with Gasteiger partial charge in [-0.2, -0.15) is 0 Å². The molecule has 0 atom stereocenters. The van der Waals surface area contributed by atoms with E-state index in [0.29, 0.717) is 0 Å². The maximum Gasteiger partial charge on any atom is 0.316 e. The van der Waals surface area contributed by atoms with E-state index in [1.165, 1.54) is 13.0 Å². The van der Waals surface area contributed by atoms with Crippen molar-refractivity contribution in [2.45, 2.75) is 6.92 Å². The highest BCUT2D eigenvalue weighted by molar-refractivity contribution is 5.67. The summed E-state index contributed by atoms with van der Waals surface area (Å²) in [5.74, 6) is 3.54. The minimum absolute atomic E-state index is 0.498. The fourth-order valence-electron chi connectivity index (χ4n) is 0.151. The number of esters is 1. The van der Waals surface area contributed by atoms with E-state index in [1.54, 1.807) is 0 Å². The van der Waals surface area contributed by atoms with Gasteiger partial charge in [-0.05, 0) is 0 Å². The van der Waals surface area contributed by atoms with Gasteiger partial charge in [0.15, 0.2) is 0 Å². The normalized spacial score (nSPS) is 5.44. The predicted octanol–water partition coefficient (Wildman–Crippen LogP) is -0.156. The van der Waals surface area contributed by atoms with Gasteiger partial charge in [0.2, 0.25) is 0 Å². The SMILES string of the molecule is CC(=O)OC#CC#CO. The zero-order valence-corrected chi connectivity index (χ0v) is 4.76. The van der Waals surface area contributed by atoms with Crippen molar-refractivity contribution in [3.05, 3.63) is 0 Å². The maximum absolute atomic E-state index is 9.97. The Morgan fingerprint density at radius 2 is 2.22 bits per heavy atom.